The number of carbonyl (C=O) groups excluding carboxylic acids is 1. The molecule has 1 aromatic carbocycles. The number of hydrogen-bond acceptors (Lipinski definition) is 2. The van der Waals surface area contributed by atoms with Crippen molar-refractivity contribution < 1.29 is 4.79 Å². The first-order chi connectivity index (χ1) is 9.57. The summed E-state index contributed by atoms with van der Waals surface area (Å²) in [6, 6.07) is 10.1. The van der Waals surface area contributed by atoms with E-state index in [1.165, 1.54) is 18.4 Å². The molecule has 0 bridgehead atoms. The van der Waals surface area contributed by atoms with Crippen LogP contribution < -0.4 is 11.1 Å². The van der Waals surface area contributed by atoms with E-state index in [1.807, 2.05) is 30.3 Å². The van der Waals surface area contributed by atoms with Gasteiger partial charge in [0.25, 0.3) is 0 Å². The molecule has 1 unspecified atom stereocenters. The van der Waals surface area contributed by atoms with Crippen LogP contribution in [0.3, 0.4) is 0 Å². The van der Waals surface area contributed by atoms with Crippen molar-refractivity contribution in [3.63, 3.8) is 0 Å². The maximum absolute atomic E-state index is 12.3. The Bertz CT molecular complexity index is 438. The van der Waals surface area contributed by atoms with E-state index in [4.69, 9.17) is 5.73 Å². The van der Waals surface area contributed by atoms with Crippen LogP contribution in [0, 0.1) is 17.3 Å². The third-order valence-electron chi connectivity index (χ3n) is 4.71. The molecule has 3 heteroatoms. The molecule has 1 saturated carbocycles. The van der Waals surface area contributed by atoms with Gasteiger partial charge in [-0.2, -0.15) is 0 Å². The SMILES string of the molecule is CC(C)C1(CNC(=O)C(CN)Cc2ccccc2)CC1. The predicted molar refractivity (Wildman–Crippen MR) is 82.2 cm³/mol. The molecular weight excluding hydrogens is 248 g/mol. The lowest BCUT2D eigenvalue weighted by molar-refractivity contribution is -0.125. The molecule has 0 heterocycles. The summed E-state index contributed by atoms with van der Waals surface area (Å²) in [6.45, 7) is 5.68. The highest BCUT2D eigenvalue weighted by Gasteiger charge is 2.45. The van der Waals surface area contributed by atoms with Gasteiger partial charge >= 0.3 is 0 Å². The van der Waals surface area contributed by atoms with Gasteiger partial charge in [-0.05, 0) is 36.2 Å². The van der Waals surface area contributed by atoms with E-state index in [0.29, 0.717) is 17.9 Å². The van der Waals surface area contributed by atoms with Crippen LogP contribution in [-0.2, 0) is 11.2 Å². The van der Waals surface area contributed by atoms with Crippen molar-refractivity contribution in [2.24, 2.45) is 23.0 Å². The minimum absolute atomic E-state index is 0.100. The molecule has 1 aromatic rings. The van der Waals surface area contributed by atoms with Gasteiger partial charge in [-0.15, -0.1) is 0 Å². The van der Waals surface area contributed by atoms with Crippen LogP contribution in [0.2, 0.25) is 0 Å². The third-order valence-corrected chi connectivity index (χ3v) is 4.71. The van der Waals surface area contributed by atoms with Gasteiger partial charge in [0.2, 0.25) is 5.91 Å². The summed E-state index contributed by atoms with van der Waals surface area (Å²) in [6.07, 6.45) is 3.19. The molecule has 0 saturated heterocycles. The molecule has 2 rings (SSSR count). The summed E-state index contributed by atoms with van der Waals surface area (Å²) in [5.41, 5.74) is 7.29. The van der Waals surface area contributed by atoms with E-state index in [9.17, 15) is 4.79 Å². The second-order valence-corrected chi connectivity index (χ2v) is 6.36. The minimum atomic E-state index is -0.125. The van der Waals surface area contributed by atoms with Crippen molar-refractivity contribution in [1.82, 2.24) is 5.32 Å². The molecule has 110 valence electrons. The molecule has 1 fully saturated rings. The Morgan fingerprint density at radius 3 is 2.45 bits per heavy atom. The zero-order chi connectivity index (χ0) is 14.6. The predicted octanol–water partition coefficient (Wildman–Crippen LogP) is 2.36. The summed E-state index contributed by atoms with van der Waals surface area (Å²) in [4.78, 5) is 12.3. The Hall–Kier alpha value is -1.35. The zero-order valence-corrected chi connectivity index (χ0v) is 12.6. The van der Waals surface area contributed by atoms with Gasteiger partial charge in [-0.3, -0.25) is 4.79 Å². The third kappa shape index (κ3) is 3.60. The lowest BCUT2D eigenvalue weighted by Gasteiger charge is -2.22. The van der Waals surface area contributed by atoms with E-state index in [2.05, 4.69) is 19.2 Å². The van der Waals surface area contributed by atoms with Crippen molar-refractivity contribution in [2.45, 2.75) is 33.1 Å². The van der Waals surface area contributed by atoms with Crippen LogP contribution in [0.4, 0.5) is 0 Å². The van der Waals surface area contributed by atoms with E-state index in [-0.39, 0.29) is 11.8 Å². The first-order valence-electron chi connectivity index (χ1n) is 7.59. The highest BCUT2D eigenvalue weighted by Crippen LogP contribution is 2.51. The molecule has 3 N–H and O–H groups in total. The van der Waals surface area contributed by atoms with Gasteiger partial charge < -0.3 is 11.1 Å². The van der Waals surface area contributed by atoms with Crippen LogP contribution >= 0.6 is 0 Å². The number of carbonyl (C=O) groups is 1. The number of nitrogens with one attached hydrogen (secondary N) is 1. The second kappa shape index (κ2) is 6.40. The first-order valence-corrected chi connectivity index (χ1v) is 7.59. The van der Waals surface area contributed by atoms with Crippen molar-refractivity contribution >= 4 is 5.91 Å². The maximum atomic E-state index is 12.3. The monoisotopic (exact) mass is 274 g/mol. The van der Waals surface area contributed by atoms with Gasteiger partial charge in [0.05, 0.1) is 5.92 Å². The Morgan fingerprint density at radius 1 is 1.30 bits per heavy atom. The lowest BCUT2D eigenvalue weighted by atomic mass is 9.92. The van der Waals surface area contributed by atoms with Gasteiger partial charge in [0, 0.05) is 13.1 Å². The van der Waals surface area contributed by atoms with Crippen LogP contribution in [0.5, 0.6) is 0 Å². The van der Waals surface area contributed by atoms with Crippen LogP contribution in [0.1, 0.15) is 32.3 Å². The largest absolute Gasteiger partial charge is 0.355 e. The topological polar surface area (TPSA) is 55.1 Å². The summed E-state index contributed by atoms with van der Waals surface area (Å²) >= 11 is 0. The summed E-state index contributed by atoms with van der Waals surface area (Å²) in [5.74, 6) is 0.608. The van der Waals surface area contributed by atoms with E-state index >= 15 is 0 Å². The van der Waals surface area contributed by atoms with Crippen LogP contribution in [0.25, 0.3) is 0 Å². The Kier molecular flexibility index (Phi) is 4.81. The van der Waals surface area contributed by atoms with Gasteiger partial charge in [-0.1, -0.05) is 44.2 Å². The van der Waals surface area contributed by atoms with Gasteiger partial charge in [0.15, 0.2) is 0 Å². The van der Waals surface area contributed by atoms with Crippen molar-refractivity contribution in [2.75, 3.05) is 13.1 Å². The fraction of sp³-hybridized carbons (Fsp3) is 0.588. The van der Waals surface area contributed by atoms with Gasteiger partial charge in [-0.25, -0.2) is 0 Å². The van der Waals surface area contributed by atoms with E-state index in [0.717, 1.165) is 13.0 Å². The molecular formula is C17H26N2O. The maximum Gasteiger partial charge on any atom is 0.224 e. The molecule has 1 amide bonds. The number of hydrogen-bond donors (Lipinski definition) is 2. The zero-order valence-electron chi connectivity index (χ0n) is 12.6. The molecule has 0 spiro atoms. The quantitative estimate of drug-likeness (QED) is 0.802. The highest BCUT2D eigenvalue weighted by atomic mass is 16.1. The fourth-order valence-corrected chi connectivity index (χ4v) is 2.71. The summed E-state index contributed by atoms with van der Waals surface area (Å²) < 4.78 is 0. The average molecular weight is 274 g/mol. The molecule has 1 atom stereocenters. The molecule has 20 heavy (non-hydrogen) atoms. The van der Waals surface area contributed by atoms with Crippen LogP contribution in [0.15, 0.2) is 30.3 Å². The van der Waals surface area contributed by atoms with E-state index in [1.54, 1.807) is 0 Å². The Labute approximate surface area is 121 Å². The number of rotatable bonds is 7. The molecule has 0 radical (unpaired) electrons. The molecule has 1 aliphatic carbocycles. The lowest BCUT2D eigenvalue weighted by Crippen LogP contribution is -2.40. The minimum Gasteiger partial charge on any atom is -0.355 e. The number of nitrogens with two attached hydrogens (primary N) is 1. The fourth-order valence-electron chi connectivity index (χ4n) is 2.71. The molecule has 0 aromatic heterocycles. The molecule has 0 aliphatic heterocycles. The standard InChI is InChI=1S/C17H26N2O/c1-13(2)17(8-9-17)12-19-16(20)15(11-18)10-14-6-4-3-5-7-14/h3-7,13,15H,8-12,18H2,1-2H3,(H,19,20). The van der Waals surface area contributed by atoms with Crippen LogP contribution in [-0.4, -0.2) is 19.0 Å². The van der Waals surface area contributed by atoms with Crippen molar-refractivity contribution in [1.29, 1.82) is 0 Å². The van der Waals surface area contributed by atoms with Crippen molar-refractivity contribution in [3.05, 3.63) is 35.9 Å². The van der Waals surface area contributed by atoms with Crippen molar-refractivity contribution in [3.8, 4) is 0 Å². The summed E-state index contributed by atoms with van der Waals surface area (Å²) in [7, 11) is 0. The second-order valence-electron chi connectivity index (χ2n) is 6.36. The Balaban J connectivity index is 1.86. The van der Waals surface area contributed by atoms with E-state index < -0.39 is 0 Å². The highest BCUT2D eigenvalue weighted by molar-refractivity contribution is 5.79. The first kappa shape index (κ1) is 15.0. The smallest absolute Gasteiger partial charge is 0.224 e. The summed E-state index contributed by atoms with van der Waals surface area (Å²) in [5, 5.41) is 3.12. The molecule has 1 aliphatic rings. The Morgan fingerprint density at radius 2 is 1.95 bits per heavy atom. The normalized spacial score (nSPS) is 17.8. The molecule has 3 nitrogen and oxygen atoms in total. The number of benzene rings is 1. The average Bonchev–Trinajstić information content (AvgIpc) is 3.24. The number of amides is 1. The van der Waals surface area contributed by atoms with Gasteiger partial charge in [0.1, 0.15) is 0 Å².